The largest absolute Gasteiger partial charge is 0.370 e. The molecule has 0 aromatic heterocycles. The van der Waals surface area contributed by atoms with E-state index in [-0.39, 0.29) is 24.0 Å². The van der Waals surface area contributed by atoms with Crippen LogP contribution >= 0.6 is 24.0 Å². The Kier molecular flexibility index (Phi) is 6.46. The van der Waals surface area contributed by atoms with Crippen molar-refractivity contribution in [2.45, 2.75) is 32.6 Å². The zero-order valence-corrected chi connectivity index (χ0v) is 13.2. The molecule has 100 valence electrons. The van der Waals surface area contributed by atoms with E-state index in [9.17, 15) is 0 Å². The molecule has 0 heterocycles. The van der Waals surface area contributed by atoms with Crippen LogP contribution < -0.4 is 11.1 Å². The number of hydrogen-bond donors (Lipinski definition) is 2. The second kappa shape index (κ2) is 7.61. The number of anilines is 1. The van der Waals surface area contributed by atoms with Crippen molar-refractivity contribution in [2.75, 3.05) is 11.9 Å². The molecule has 3 N–H and O–H groups in total. The van der Waals surface area contributed by atoms with Crippen molar-refractivity contribution in [1.29, 1.82) is 0 Å². The predicted octanol–water partition coefficient (Wildman–Crippen LogP) is 3.39. The number of aliphatic imine (C=N–C) groups is 1. The Hall–Kier alpha value is -0.780. The third-order valence-electron chi connectivity index (χ3n) is 3.12. The van der Waals surface area contributed by atoms with Gasteiger partial charge in [0.25, 0.3) is 0 Å². The van der Waals surface area contributed by atoms with Crippen molar-refractivity contribution in [2.24, 2.45) is 16.6 Å². The molecule has 0 aliphatic heterocycles. The summed E-state index contributed by atoms with van der Waals surface area (Å²) in [4.78, 5) is 4.34. The van der Waals surface area contributed by atoms with Gasteiger partial charge in [-0.05, 0) is 36.5 Å². The van der Waals surface area contributed by atoms with E-state index in [0.717, 1.165) is 24.6 Å². The van der Waals surface area contributed by atoms with E-state index >= 15 is 0 Å². The maximum atomic E-state index is 5.84. The van der Waals surface area contributed by atoms with Gasteiger partial charge in [-0.1, -0.05) is 31.9 Å². The van der Waals surface area contributed by atoms with Crippen LogP contribution in [0.2, 0.25) is 0 Å². The second-order valence-electron chi connectivity index (χ2n) is 4.68. The third-order valence-corrected chi connectivity index (χ3v) is 3.12. The normalized spacial score (nSPS) is 15.1. The quantitative estimate of drug-likeness (QED) is 0.481. The topological polar surface area (TPSA) is 50.4 Å². The Morgan fingerprint density at radius 1 is 1.44 bits per heavy atom. The van der Waals surface area contributed by atoms with Crippen molar-refractivity contribution in [3.8, 4) is 0 Å². The van der Waals surface area contributed by atoms with Crippen LogP contribution in [0.15, 0.2) is 29.3 Å². The van der Waals surface area contributed by atoms with E-state index in [1.807, 2.05) is 12.1 Å². The second-order valence-corrected chi connectivity index (χ2v) is 4.68. The Bertz CT molecular complexity index is 400. The lowest BCUT2D eigenvalue weighted by Gasteiger charge is -2.06. The lowest BCUT2D eigenvalue weighted by atomic mass is 10.1. The monoisotopic (exact) mass is 359 g/mol. The zero-order valence-electron chi connectivity index (χ0n) is 10.9. The highest BCUT2D eigenvalue weighted by Gasteiger charge is 2.19. The van der Waals surface area contributed by atoms with Gasteiger partial charge in [0.15, 0.2) is 5.96 Å². The molecule has 0 radical (unpaired) electrons. The van der Waals surface area contributed by atoms with Crippen LogP contribution in [0.3, 0.4) is 0 Å². The fourth-order valence-corrected chi connectivity index (χ4v) is 1.83. The first-order valence-corrected chi connectivity index (χ1v) is 6.44. The van der Waals surface area contributed by atoms with E-state index in [1.165, 1.54) is 24.8 Å². The molecule has 0 bridgehead atoms. The molecular formula is C14H22IN3. The minimum absolute atomic E-state index is 0. The van der Waals surface area contributed by atoms with Crippen LogP contribution in [0.1, 0.15) is 31.7 Å². The van der Waals surface area contributed by atoms with Gasteiger partial charge in [-0.25, -0.2) is 0 Å². The van der Waals surface area contributed by atoms with Gasteiger partial charge in [0, 0.05) is 12.2 Å². The molecule has 1 aliphatic rings. The fraction of sp³-hybridized carbons (Fsp3) is 0.500. The molecule has 0 unspecified atom stereocenters. The summed E-state index contributed by atoms with van der Waals surface area (Å²) < 4.78 is 0. The fourth-order valence-electron chi connectivity index (χ4n) is 1.83. The predicted molar refractivity (Wildman–Crippen MR) is 88.7 cm³/mol. The van der Waals surface area contributed by atoms with Crippen LogP contribution in [0, 0.1) is 5.92 Å². The summed E-state index contributed by atoms with van der Waals surface area (Å²) in [7, 11) is 0. The van der Waals surface area contributed by atoms with Crippen molar-refractivity contribution in [1.82, 2.24) is 0 Å². The number of rotatable bonds is 5. The number of aryl methyl sites for hydroxylation is 1. The third kappa shape index (κ3) is 5.25. The summed E-state index contributed by atoms with van der Waals surface area (Å²) in [5.41, 5.74) is 8.17. The maximum absolute atomic E-state index is 5.84. The molecule has 1 aliphatic carbocycles. The molecule has 2 rings (SSSR count). The van der Waals surface area contributed by atoms with Gasteiger partial charge < -0.3 is 11.1 Å². The Morgan fingerprint density at radius 3 is 2.89 bits per heavy atom. The van der Waals surface area contributed by atoms with E-state index in [2.05, 4.69) is 29.4 Å². The smallest absolute Gasteiger partial charge is 0.193 e. The highest BCUT2D eigenvalue weighted by molar-refractivity contribution is 14.0. The van der Waals surface area contributed by atoms with Crippen LogP contribution in [0.5, 0.6) is 0 Å². The molecule has 0 spiro atoms. The van der Waals surface area contributed by atoms with Gasteiger partial charge in [0.2, 0.25) is 0 Å². The molecule has 0 amide bonds. The molecule has 18 heavy (non-hydrogen) atoms. The van der Waals surface area contributed by atoms with Crippen LogP contribution in [0.25, 0.3) is 0 Å². The first kappa shape index (κ1) is 15.3. The standard InChI is InChI=1S/C14H21N3.HI/c1-2-11-4-3-5-13(10-11)17-14(15)16-9-8-12-6-7-12;/h3-5,10,12H,2,6-9H2,1H3,(H3,15,16,17);1H. The summed E-state index contributed by atoms with van der Waals surface area (Å²) in [6.07, 6.45) is 4.97. The SMILES string of the molecule is CCc1cccc(NC(N)=NCCC2CC2)c1.I. The summed E-state index contributed by atoms with van der Waals surface area (Å²) in [6, 6.07) is 8.29. The first-order valence-electron chi connectivity index (χ1n) is 6.44. The number of hydrogen-bond acceptors (Lipinski definition) is 1. The van der Waals surface area contributed by atoms with Gasteiger partial charge in [-0.3, -0.25) is 4.99 Å². The summed E-state index contributed by atoms with van der Waals surface area (Å²) in [5, 5.41) is 3.14. The lowest BCUT2D eigenvalue weighted by Crippen LogP contribution is -2.22. The molecule has 1 fully saturated rings. The minimum atomic E-state index is 0. The Morgan fingerprint density at radius 2 is 2.22 bits per heavy atom. The van der Waals surface area contributed by atoms with Gasteiger partial charge in [-0.15, -0.1) is 24.0 Å². The van der Waals surface area contributed by atoms with Gasteiger partial charge >= 0.3 is 0 Å². The number of nitrogens with one attached hydrogen (secondary N) is 1. The zero-order chi connectivity index (χ0) is 12.1. The number of nitrogens with zero attached hydrogens (tertiary/aromatic N) is 1. The molecular weight excluding hydrogens is 337 g/mol. The number of guanidine groups is 1. The molecule has 1 aromatic rings. The minimum Gasteiger partial charge on any atom is -0.370 e. The average molecular weight is 359 g/mol. The van der Waals surface area contributed by atoms with Crippen molar-refractivity contribution >= 4 is 35.6 Å². The van der Waals surface area contributed by atoms with Crippen molar-refractivity contribution in [3.05, 3.63) is 29.8 Å². The van der Waals surface area contributed by atoms with Crippen molar-refractivity contribution < 1.29 is 0 Å². The highest BCUT2D eigenvalue weighted by Crippen LogP contribution is 2.32. The molecule has 0 saturated heterocycles. The highest BCUT2D eigenvalue weighted by atomic mass is 127. The summed E-state index contributed by atoms with van der Waals surface area (Å²) in [6.45, 7) is 2.99. The van der Waals surface area contributed by atoms with E-state index in [1.54, 1.807) is 0 Å². The number of halogens is 1. The first-order chi connectivity index (χ1) is 8.28. The number of benzene rings is 1. The van der Waals surface area contributed by atoms with Crippen LogP contribution in [-0.4, -0.2) is 12.5 Å². The van der Waals surface area contributed by atoms with Gasteiger partial charge in [0.05, 0.1) is 0 Å². The molecule has 1 saturated carbocycles. The summed E-state index contributed by atoms with van der Waals surface area (Å²) >= 11 is 0. The van der Waals surface area contributed by atoms with Crippen LogP contribution in [0.4, 0.5) is 5.69 Å². The molecule has 1 aromatic carbocycles. The summed E-state index contributed by atoms with van der Waals surface area (Å²) in [5.74, 6) is 1.44. The Labute approximate surface area is 126 Å². The molecule has 4 heteroatoms. The van der Waals surface area contributed by atoms with Gasteiger partial charge in [-0.2, -0.15) is 0 Å². The Balaban J connectivity index is 0.00000162. The number of nitrogens with two attached hydrogens (primary N) is 1. The average Bonchev–Trinajstić information content (AvgIpc) is 3.13. The van der Waals surface area contributed by atoms with E-state index in [0.29, 0.717) is 5.96 Å². The van der Waals surface area contributed by atoms with Gasteiger partial charge in [0.1, 0.15) is 0 Å². The molecule has 0 atom stereocenters. The molecule has 3 nitrogen and oxygen atoms in total. The van der Waals surface area contributed by atoms with E-state index < -0.39 is 0 Å². The van der Waals surface area contributed by atoms with Crippen LogP contribution in [-0.2, 0) is 6.42 Å². The maximum Gasteiger partial charge on any atom is 0.193 e. The van der Waals surface area contributed by atoms with Crippen molar-refractivity contribution in [3.63, 3.8) is 0 Å². The van der Waals surface area contributed by atoms with E-state index in [4.69, 9.17) is 5.73 Å². The lowest BCUT2D eigenvalue weighted by molar-refractivity contribution is 0.739.